The minimum absolute atomic E-state index is 0.0482. The maximum atomic E-state index is 12.9. The first-order valence-corrected chi connectivity index (χ1v) is 11.8. The van der Waals surface area contributed by atoms with Crippen LogP contribution < -0.4 is 21.3 Å². The fourth-order valence-corrected chi connectivity index (χ4v) is 5.71. The van der Waals surface area contributed by atoms with Crippen LogP contribution in [0.15, 0.2) is 45.2 Å². The number of aromatic nitrogens is 5. The van der Waals surface area contributed by atoms with Crippen LogP contribution in [0.25, 0.3) is 5.52 Å². The number of anilines is 1. The molecule has 2 aliphatic rings. The molecule has 3 aromatic rings. The van der Waals surface area contributed by atoms with Crippen LogP contribution in [-0.2, 0) is 20.9 Å². The molecule has 17 heteroatoms. The van der Waals surface area contributed by atoms with Crippen LogP contribution in [0.5, 0.6) is 0 Å². The molecule has 0 aromatic carbocycles. The highest BCUT2D eigenvalue weighted by atomic mass is 32.2. The van der Waals surface area contributed by atoms with E-state index in [-0.39, 0.29) is 34.4 Å². The zero-order valence-electron chi connectivity index (χ0n) is 17.5. The molecular weight excluding hydrogens is 502 g/mol. The minimum atomic E-state index is -1.29. The standard InChI is InChI=1S/C18H15N9O6S2/c19-18-21-9(5-35-18)11(24-33)14(29)22-12-15(30)27-13(17(31)32)7(4-34-16(12)27)2-25-3-8-1-10(28)23-26(8)6-20-25/h1,3,5-6,12,16H,2,4H2,(H5-,19,21,22,23,28,29,31,32,33)/p+1. The third-order valence-corrected chi connectivity index (χ3v) is 7.37. The molecule has 2 unspecified atom stereocenters. The Hall–Kier alpha value is -4.25. The molecule has 180 valence electrons. The van der Waals surface area contributed by atoms with Gasteiger partial charge in [0.05, 0.1) is 0 Å². The molecule has 2 aliphatic heterocycles. The maximum absolute atomic E-state index is 12.9. The fraction of sp³-hybridized carbons (Fsp3) is 0.222. The molecule has 0 aliphatic carbocycles. The fourth-order valence-electron chi connectivity index (χ4n) is 3.82. The molecule has 6 N–H and O–H groups in total. The number of oxime groups is 1. The number of rotatable bonds is 6. The zero-order chi connectivity index (χ0) is 24.9. The number of carbonyl (C=O) groups excluding carboxylic acids is 2. The van der Waals surface area contributed by atoms with E-state index in [2.05, 4.69) is 25.7 Å². The number of fused-ring (bicyclic) bond motifs is 2. The molecule has 15 nitrogen and oxygen atoms in total. The molecule has 0 radical (unpaired) electrons. The van der Waals surface area contributed by atoms with Gasteiger partial charge in [-0.3, -0.25) is 24.4 Å². The van der Waals surface area contributed by atoms with Crippen LogP contribution in [0.4, 0.5) is 5.13 Å². The summed E-state index contributed by atoms with van der Waals surface area (Å²) in [6, 6.07) is 0.344. The summed E-state index contributed by atoms with van der Waals surface area (Å²) in [5, 5.41) is 32.2. The van der Waals surface area contributed by atoms with Crippen molar-refractivity contribution in [1.82, 2.24) is 29.9 Å². The SMILES string of the molecule is Nc1nc(/C(=N/O)C(=O)NC2C(=O)N3C(C(=O)O)=C(C[n+]4cc5cc(=O)[nH]n5cn4)CSC23)cs1. The topological polar surface area (TPSA) is 212 Å². The third kappa shape index (κ3) is 3.89. The number of carbonyl (C=O) groups is 3. The Bertz CT molecular complexity index is 1510. The Morgan fingerprint density at radius 2 is 2.20 bits per heavy atom. The number of hydrogen-bond donors (Lipinski definition) is 5. The van der Waals surface area contributed by atoms with Gasteiger partial charge in [-0.05, 0) is 0 Å². The summed E-state index contributed by atoms with van der Waals surface area (Å²) in [7, 11) is 0. The van der Waals surface area contributed by atoms with Crippen molar-refractivity contribution >= 4 is 57.2 Å². The van der Waals surface area contributed by atoms with Gasteiger partial charge in [0, 0.05) is 27.9 Å². The first-order chi connectivity index (χ1) is 16.8. The highest BCUT2D eigenvalue weighted by Gasteiger charge is 2.54. The second-order valence-electron chi connectivity index (χ2n) is 7.51. The average molecular weight is 519 g/mol. The summed E-state index contributed by atoms with van der Waals surface area (Å²) in [6.07, 6.45) is 2.95. The van der Waals surface area contributed by atoms with Crippen molar-refractivity contribution in [2.45, 2.75) is 18.0 Å². The van der Waals surface area contributed by atoms with Crippen molar-refractivity contribution in [2.24, 2.45) is 5.16 Å². The maximum Gasteiger partial charge on any atom is 0.352 e. The van der Waals surface area contributed by atoms with E-state index >= 15 is 0 Å². The number of nitrogens with zero attached hydrogens (tertiary/aromatic N) is 6. The highest BCUT2D eigenvalue weighted by Crippen LogP contribution is 2.40. The molecule has 1 saturated heterocycles. The van der Waals surface area contributed by atoms with Gasteiger partial charge in [-0.15, -0.1) is 23.1 Å². The van der Waals surface area contributed by atoms with Crippen molar-refractivity contribution in [3.63, 3.8) is 0 Å². The van der Waals surface area contributed by atoms with Crippen LogP contribution in [0.2, 0.25) is 0 Å². The minimum Gasteiger partial charge on any atom is -0.477 e. The van der Waals surface area contributed by atoms with Crippen molar-refractivity contribution in [1.29, 1.82) is 0 Å². The summed E-state index contributed by atoms with van der Waals surface area (Å²) < 4.78 is 2.89. The quantitative estimate of drug-likeness (QED) is 0.0793. The summed E-state index contributed by atoms with van der Waals surface area (Å²) in [5.74, 6) is -2.51. The predicted molar refractivity (Wildman–Crippen MR) is 121 cm³/mol. The molecule has 1 fully saturated rings. The van der Waals surface area contributed by atoms with Crippen LogP contribution in [0.1, 0.15) is 5.69 Å². The Labute approximate surface area is 202 Å². The molecule has 2 atom stereocenters. The molecular formula is C18H16N9O6S2+. The number of nitrogens with one attached hydrogen (secondary N) is 2. The normalized spacial score (nSPS) is 20.1. The Kier molecular flexibility index (Phi) is 5.48. The Morgan fingerprint density at radius 3 is 2.89 bits per heavy atom. The van der Waals surface area contributed by atoms with E-state index in [1.165, 1.54) is 38.7 Å². The van der Waals surface area contributed by atoms with Gasteiger partial charge in [0.25, 0.3) is 17.4 Å². The zero-order valence-corrected chi connectivity index (χ0v) is 19.1. The molecule has 5 rings (SSSR count). The van der Waals surface area contributed by atoms with E-state index in [1.54, 1.807) is 6.20 Å². The number of thiazole rings is 1. The number of carboxylic acid groups (broad SMARTS) is 1. The van der Waals surface area contributed by atoms with Crippen molar-refractivity contribution in [3.8, 4) is 0 Å². The van der Waals surface area contributed by atoms with E-state index in [4.69, 9.17) is 5.73 Å². The van der Waals surface area contributed by atoms with Gasteiger partial charge in [-0.1, -0.05) is 9.84 Å². The van der Waals surface area contributed by atoms with Crippen molar-refractivity contribution in [3.05, 3.63) is 51.3 Å². The second kappa shape index (κ2) is 8.51. The van der Waals surface area contributed by atoms with Gasteiger partial charge >= 0.3 is 5.97 Å². The predicted octanol–water partition coefficient (Wildman–Crippen LogP) is -2.03. The Balaban J connectivity index is 1.36. The number of carboxylic acids is 1. The van der Waals surface area contributed by atoms with Crippen molar-refractivity contribution < 1.29 is 29.4 Å². The van der Waals surface area contributed by atoms with Crippen LogP contribution >= 0.6 is 23.1 Å². The molecule has 35 heavy (non-hydrogen) atoms. The molecule has 0 bridgehead atoms. The Morgan fingerprint density at radius 1 is 1.40 bits per heavy atom. The van der Waals surface area contributed by atoms with Gasteiger partial charge in [-0.25, -0.2) is 14.3 Å². The smallest absolute Gasteiger partial charge is 0.352 e. The lowest BCUT2D eigenvalue weighted by Gasteiger charge is -2.49. The largest absolute Gasteiger partial charge is 0.477 e. The van der Waals surface area contributed by atoms with Crippen LogP contribution in [0, 0.1) is 0 Å². The lowest BCUT2D eigenvalue weighted by atomic mass is 10.0. The summed E-state index contributed by atoms with van der Waals surface area (Å²) in [4.78, 5) is 54.1. The number of H-pyrrole nitrogens is 1. The number of thioether (sulfide) groups is 1. The highest BCUT2D eigenvalue weighted by molar-refractivity contribution is 8.00. The number of amides is 2. The number of aliphatic carboxylic acids is 1. The number of hydrogen-bond acceptors (Lipinski definition) is 11. The van der Waals surface area contributed by atoms with Gasteiger partial charge < -0.3 is 21.4 Å². The molecule has 5 heterocycles. The third-order valence-electron chi connectivity index (χ3n) is 5.35. The van der Waals surface area contributed by atoms with Gasteiger partial charge in [0.15, 0.2) is 23.7 Å². The summed E-state index contributed by atoms with van der Waals surface area (Å²) in [6.45, 7) is 0.0740. The van der Waals surface area contributed by atoms with Crippen molar-refractivity contribution in [2.75, 3.05) is 11.5 Å². The summed E-state index contributed by atoms with van der Waals surface area (Å²) >= 11 is 2.32. The molecule has 2 amide bonds. The summed E-state index contributed by atoms with van der Waals surface area (Å²) in [5.41, 5.74) is 5.66. The molecule has 0 spiro atoms. The first kappa shape index (κ1) is 22.5. The molecule has 3 aromatic heterocycles. The monoisotopic (exact) mass is 518 g/mol. The van der Waals surface area contributed by atoms with E-state index in [0.29, 0.717) is 11.1 Å². The second-order valence-corrected chi connectivity index (χ2v) is 9.51. The van der Waals surface area contributed by atoms with Crippen LogP contribution in [-0.4, -0.2) is 75.6 Å². The first-order valence-electron chi connectivity index (χ1n) is 9.88. The molecule has 0 saturated carbocycles. The number of nitrogens with two attached hydrogens (primary N) is 1. The number of nitrogen functional groups attached to an aromatic ring is 1. The van der Waals surface area contributed by atoms with E-state index in [1.807, 2.05) is 0 Å². The van der Waals surface area contributed by atoms with E-state index in [9.17, 15) is 29.5 Å². The lowest BCUT2D eigenvalue weighted by molar-refractivity contribution is -0.746. The van der Waals surface area contributed by atoms with E-state index < -0.39 is 34.9 Å². The van der Waals surface area contributed by atoms with Gasteiger partial charge in [-0.2, -0.15) is 0 Å². The van der Waals surface area contributed by atoms with Gasteiger partial charge in [0.1, 0.15) is 28.3 Å². The van der Waals surface area contributed by atoms with Crippen LogP contribution in [0.3, 0.4) is 0 Å². The van der Waals surface area contributed by atoms with Gasteiger partial charge in [0.2, 0.25) is 6.20 Å². The lowest BCUT2D eigenvalue weighted by Crippen LogP contribution is -2.71. The average Bonchev–Trinajstić information content (AvgIpc) is 3.41. The van der Waals surface area contributed by atoms with E-state index in [0.717, 1.165) is 16.2 Å². The number of aromatic amines is 1. The number of β-lactam (4-membered cyclic amide) rings is 1.